The van der Waals surface area contributed by atoms with Gasteiger partial charge in [-0.1, -0.05) is 36.4 Å². The minimum Gasteiger partial charge on any atom is -0.492 e. The van der Waals surface area contributed by atoms with E-state index in [9.17, 15) is 4.79 Å². The highest BCUT2D eigenvalue weighted by Gasteiger charge is 2.05. The van der Waals surface area contributed by atoms with Gasteiger partial charge in [-0.15, -0.1) is 0 Å². The molecule has 27 heavy (non-hydrogen) atoms. The third-order valence-electron chi connectivity index (χ3n) is 4.31. The van der Waals surface area contributed by atoms with E-state index in [0.29, 0.717) is 6.61 Å². The second kappa shape index (κ2) is 9.03. The van der Waals surface area contributed by atoms with Gasteiger partial charge < -0.3 is 14.6 Å². The van der Waals surface area contributed by atoms with Crippen molar-refractivity contribution in [3.05, 3.63) is 72.8 Å². The Morgan fingerprint density at radius 3 is 2.37 bits per heavy atom. The first kappa shape index (κ1) is 18.7. The van der Waals surface area contributed by atoms with Gasteiger partial charge in [0.2, 0.25) is 5.91 Å². The number of nitrogens with zero attached hydrogens (tertiary/aromatic N) is 2. The van der Waals surface area contributed by atoms with Crippen LogP contribution in [0.5, 0.6) is 5.75 Å². The second-order valence-electron chi connectivity index (χ2n) is 6.68. The fourth-order valence-electron chi connectivity index (χ4n) is 3.02. The quantitative estimate of drug-likeness (QED) is 0.664. The van der Waals surface area contributed by atoms with E-state index in [2.05, 4.69) is 46.7 Å². The number of carbonyl (C=O) groups excluding carboxylic acids is 1. The highest BCUT2D eigenvalue weighted by atomic mass is 16.5. The van der Waals surface area contributed by atoms with Gasteiger partial charge >= 0.3 is 0 Å². The summed E-state index contributed by atoms with van der Waals surface area (Å²) in [5, 5.41) is 2.91. The molecular formula is C22H25N3O2. The zero-order valence-electron chi connectivity index (χ0n) is 15.8. The van der Waals surface area contributed by atoms with Crippen LogP contribution in [0.25, 0.3) is 11.1 Å². The van der Waals surface area contributed by atoms with Crippen molar-refractivity contribution in [2.45, 2.75) is 32.9 Å². The second-order valence-corrected chi connectivity index (χ2v) is 6.68. The molecule has 1 aromatic heterocycles. The summed E-state index contributed by atoms with van der Waals surface area (Å²) in [6, 6.07) is 16.7. The van der Waals surface area contributed by atoms with Crippen LogP contribution >= 0.6 is 0 Å². The third kappa shape index (κ3) is 5.71. The molecule has 0 aliphatic heterocycles. The van der Waals surface area contributed by atoms with Crippen molar-refractivity contribution in [1.29, 1.82) is 0 Å². The minimum atomic E-state index is 0.00598. The maximum absolute atomic E-state index is 11.1. The summed E-state index contributed by atoms with van der Waals surface area (Å²) in [6.07, 6.45) is 6.30. The summed E-state index contributed by atoms with van der Waals surface area (Å²) in [5.41, 5.74) is 3.52. The van der Waals surface area contributed by atoms with Crippen molar-refractivity contribution in [1.82, 2.24) is 14.9 Å². The van der Waals surface area contributed by atoms with Crippen LogP contribution in [0.15, 0.2) is 67.3 Å². The van der Waals surface area contributed by atoms with Gasteiger partial charge in [0.1, 0.15) is 12.4 Å². The maximum Gasteiger partial charge on any atom is 0.217 e. The first-order valence-electron chi connectivity index (χ1n) is 9.15. The van der Waals surface area contributed by atoms with Crippen LogP contribution in [0.2, 0.25) is 0 Å². The predicted molar refractivity (Wildman–Crippen MR) is 107 cm³/mol. The molecule has 0 saturated heterocycles. The normalized spacial score (nSPS) is 11.8. The number of imidazole rings is 1. The fourth-order valence-corrected chi connectivity index (χ4v) is 3.02. The Labute approximate surface area is 160 Å². The molecule has 140 valence electrons. The van der Waals surface area contributed by atoms with Crippen LogP contribution < -0.4 is 10.1 Å². The van der Waals surface area contributed by atoms with Crippen molar-refractivity contribution < 1.29 is 9.53 Å². The zero-order valence-corrected chi connectivity index (χ0v) is 15.8. The van der Waals surface area contributed by atoms with Crippen LogP contribution in [0.1, 0.15) is 19.4 Å². The number of nitrogens with one attached hydrogen (secondary N) is 1. The number of amides is 1. The topological polar surface area (TPSA) is 56.1 Å². The Hall–Kier alpha value is -3.08. The molecule has 1 atom stereocenters. The van der Waals surface area contributed by atoms with Gasteiger partial charge in [-0.2, -0.15) is 0 Å². The highest BCUT2D eigenvalue weighted by molar-refractivity contribution is 5.73. The molecule has 0 fully saturated rings. The largest absolute Gasteiger partial charge is 0.492 e. The average molecular weight is 363 g/mol. The van der Waals surface area contributed by atoms with E-state index in [1.165, 1.54) is 5.56 Å². The summed E-state index contributed by atoms with van der Waals surface area (Å²) < 4.78 is 7.77. The SMILES string of the molecule is CC(=O)NC(C)Cc1ccc(-c2ccc(OCCn3ccnc3)cc2)cc1. The van der Waals surface area contributed by atoms with Crippen LogP contribution in [0, 0.1) is 0 Å². The van der Waals surface area contributed by atoms with Crippen LogP contribution in [0.3, 0.4) is 0 Å². The van der Waals surface area contributed by atoms with Gasteiger partial charge in [0, 0.05) is 25.4 Å². The number of benzene rings is 2. The predicted octanol–water partition coefficient (Wildman–Crippen LogP) is 3.70. The van der Waals surface area contributed by atoms with E-state index in [1.54, 1.807) is 19.4 Å². The van der Waals surface area contributed by atoms with E-state index < -0.39 is 0 Å². The first-order valence-corrected chi connectivity index (χ1v) is 9.15. The molecule has 0 aliphatic carbocycles. The molecule has 3 aromatic rings. The van der Waals surface area contributed by atoms with Crippen molar-refractivity contribution in [2.24, 2.45) is 0 Å². The van der Waals surface area contributed by atoms with E-state index in [0.717, 1.165) is 29.8 Å². The molecule has 5 heteroatoms. The lowest BCUT2D eigenvalue weighted by Crippen LogP contribution is -2.31. The summed E-state index contributed by atoms with van der Waals surface area (Å²) in [6.45, 7) is 4.95. The van der Waals surface area contributed by atoms with E-state index >= 15 is 0 Å². The lowest BCUT2D eigenvalue weighted by molar-refractivity contribution is -0.119. The van der Waals surface area contributed by atoms with E-state index in [-0.39, 0.29) is 11.9 Å². The summed E-state index contributed by atoms with van der Waals surface area (Å²) in [4.78, 5) is 15.1. The number of hydrogen-bond acceptors (Lipinski definition) is 3. The van der Waals surface area contributed by atoms with Crippen molar-refractivity contribution in [3.8, 4) is 16.9 Å². The minimum absolute atomic E-state index is 0.00598. The molecule has 1 unspecified atom stereocenters. The van der Waals surface area contributed by atoms with Gasteiger partial charge in [0.15, 0.2) is 0 Å². The highest BCUT2D eigenvalue weighted by Crippen LogP contribution is 2.23. The van der Waals surface area contributed by atoms with Crippen molar-refractivity contribution in [3.63, 3.8) is 0 Å². The van der Waals surface area contributed by atoms with Crippen molar-refractivity contribution in [2.75, 3.05) is 6.61 Å². The molecule has 1 heterocycles. The Kier molecular flexibility index (Phi) is 6.26. The number of carbonyl (C=O) groups is 1. The Balaban J connectivity index is 1.54. The molecule has 3 rings (SSSR count). The summed E-state index contributed by atoms with van der Waals surface area (Å²) in [7, 11) is 0. The van der Waals surface area contributed by atoms with Crippen LogP contribution in [0.4, 0.5) is 0 Å². The fraction of sp³-hybridized carbons (Fsp3) is 0.273. The van der Waals surface area contributed by atoms with E-state index in [1.807, 2.05) is 29.8 Å². The molecule has 0 spiro atoms. The standard InChI is InChI=1S/C22H25N3O2/c1-17(24-18(2)26)15-19-3-5-20(6-4-19)21-7-9-22(10-8-21)27-14-13-25-12-11-23-16-25/h3-12,16-17H,13-15H2,1-2H3,(H,24,26). The number of rotatable bonds is 8. The van der Waals surface area contributed by atoms with Gasteiger partial charge in [0.25, 0.3) is 0 Å². The molecular weight excluding hydrogens is 338 g/mol. The molecule has 0 aliphatic rings. The number of aromatic nitrogens is 2. The Bertz CT molecular complexity index is 840. The Morgan fingerprint density at radius 1 is 1.11 bits per heavy atom. The summed E-state index contributed by atoms with van der Waals surface area (Å²) >= 11 is 0. The molecule has 1 N–H and O–H groups in total. The van der Waals surface area contributed by atoms with Gasteiger partial charge in [-0.3, -0.25) is 4.79 Å². The third-order valence-corrected chi connectivity index (χ3v) is 4.31. The van der Waals surface area contributed by atoms with Crippen LogP contribution in [-0.4, -0.2) is 28.1 Å². The zero-order chi connectivity index (χ0) is 19.1. The molecule has 0 saturated carbocycles. The van der Waals surface area contributed by atoms with Gasteiger partial charge in [0.05, 0.1) is 12.9 Å². The lowest BCUT2D eigenvalue weighted by atomic mass is 10.0. The Morgan fingerprint density at radius 2 is 1.78 bits per heavy atom. The molecule has 2 aromatic carbocycles. The number of ether oxygens (including phenoxy) is 1. The monoisotopic (exact) mass is 363 g/mol. The van der Waals surface area contributed by atoms with Gasteiger partial charge in [-0.05, 0) is 42.2 Å². The first-order chi connectivity index (χ1) is 13.1. The van der Waals surface area contributed by atoms with E-state index in [4.69, 9.17) is 4.74 Å². The summed E-state index contributed by atoms with van der Waals surface area (Å²) in [5.74, 6) is 0.867. The maximum atomic E-state index is 11.1. The van der Waals surface area contributed by atoms with Crippen molar-refractivity contribution >= 4 is 5.91 Å². The molecule has 0 radical (unpaired) electrons. The number of hydrogen-bond donors (Lipinski definition) is 1. The molecule has 0 bridgehead atoms. The molecule has 5 nitrogen and oxygen atoms in total. The molecule has 1 amide bonds. The lowest BCUT2D eigenvalue weighted by Gasteiger charge is -2.13. The van der Waals surface area contributed by atoms with Gasteiger partial charge in [-0.25, -0.2) is 4.98 Å². The smallest absolute Gasteiger partial charge is 0.217 e. The van der Waals surface area contributed by atoms with Crippen LogP contribution in [-0.2, 0) is 17.8 Å². The average Bonchev–Trinajstić information content (AvgIpc) is 3.16.